The van der Waals surface area contributed by atoms with Gasteiger partial charge in [0.05, 0.1) is 25.3 Å². The number of anilines is 1. The van der Waals surface area contributed by atoms with Crippen molar-refractivity contribution in [3.8, 4) is 17.2 Å². The van der Waals surface area contributed by atoms with Crippen LogP contribution in [0.1, 0.15) is 37.9 Å². The fraction of sp³-hybridized carbons (Fsp3) is 0.233. The fourth-order valence-electron chi connectivity index (χ4n) is 4.17. The predicted octanol–water partition coefficient (Wildman–Crippen LogP) is 5.28. The second-order valence-electron chi connectivity index (χ2n) is 9.26. The van der Waals surface area contributed by atoms with Crippen LogP contribution in [0.25, 0.3) is 5.76 Å². The topological polar surface area (TPSA) is 102 Å². The van der Waals surface area contributed by atoms with Gasteiger partial charge in [0, 0.05) is 18.2 Å². The minimum Gasteiger partial charge on any atom is -0.507 e. The van der Waals surface area contributed by atoms with E-state index in [1.165, 1.54) is 18.9 Å². The monoisotopic (exact) mass is 515 g/mol. The maximum absolute atomic E-state index is 13.3. The lowest BCUT2D eigenvalue weighted by atomic mass is 9.95. The number of hydrogen-bond donors (Lipinski definition) is 1. The Bertz CT molecular complexity index is 1360. The van der Waals surface area contributed by atoms with Crippen LogP contribution in [-0.4, -0.2) is 36.5 Å². The third kappa shape index (κ3) is 5.54. The molecule has 1 fully saturated rings. The summed E-state index contributed by atoms with van der Waals surface area (Å²) >= 11 is 0. The van der Waals surface area contributed by atoms with E-state index in [9.17, 15) is 19.5 Å². The average molecular weight is 516 g/mol. The van der Waals surface area contributed by atoms with Gasteiger partial charge < -0.3 is 19.3 Å². The number of esters is 1. The second-order valence-corrected chi connectivity index (χ2v) is 9.26. The van der Waals surface area contributed by atoms with Crippen LogP contribution >= 0.6 is 0 Å². The Morgan fingerprint density at radius 1 is 0.895 bits per heavy atom. The Labute approximate surface area is 221 Å². The van der Waals surface area contributed by atoms with Crippen molar-refractivity contribution in [3.63, 3.8) is 0 Å². The molecule has 1 aliphatic rings. The fourth-order valence-corrected chi connectivity index (χ4v) is 4.17. The standard InChI is InChI=1S/C30H29NO7/c1-18(2)17-37-24-11-7-21(8-12-24)28(33)26-27(20-5-13-25(14-6-20)38-19(3)32)31(30(35)29(26)34)22-9-15-23(36-4)16-10-22/h5-16,18,27,33H,17H2,1-4H3/b28-26+. The number of aliphatic hydroxyl groups excluding tert-OH is 1. The van der Waals surface area contributed by atoms with Crippen molar-refractivity contribution in [3.05, 3.63) is 89.5 Å². The van der Waals surface area contributed by atoms with Gasteiger partial charge in [-0.15, -0.1) is 0 Å². The van der Waals surface area contributed by atoms with Gasteiger partial charge in [-0.25, -0.2) is 0 Å². The van der Waals surface area contributed by atoms with Gasteiger partial charge in [-0.1, -0.05) is 26.0 Å². The number of hydrogen-bond acceptors (Lipinski definition) is 7. The highest BCUT2D eigenvalue weighted by Gasteiger charge is 2.47. The van der Waals surface area contributed by atoms with Crippen LogP contribution in [0.4, 0.5) is 5.69 Å². The molecule has 8 nitrogen and oxygen atoms in total. The van der Waals surface area contributed by atoms with Crippen LogP contribution in [0.5, 0.6) is 17.2 Å². The smallest absolute Gasteiger partial charge is 0.308 e. The van der Waals surface area contributed by atoms with Gasteiger partial charge in [0.15, 0.2) is 0 Å². The first-order valence-electron chi connectivity index (χ1n) is 12.2. The number of methoxy groups -OCH3 is 1. The molecule has 8 heteroatoms. The largest absolute Gasteiger partial charge is 0.507 e. The molecule has 1 saturated heterocycles. The van der Waals surface area contributed by atoms with E-state index in [0.29, 0.717) is 46.6 Å². The first-order chi connectivity index (χ1) is 18.2. The van der Waals surface area contributed by atoms with E-state index in [1.54, 1.807) is 72.8 Å². The van der Waals surface area contributed by atoms with Crippen LogP contribution in [0.2, 0.25) is 0 Å². The van der Waals surface area contributed by atoms with Crippen molar-refractivity contribution in [2.45, 2.75) is 26.8 Å². The maximum atomic E-state index is 13.3. The molecule has 1 heterocycles. The Balaban J connectivity index is 1.80. The average Bonchev–Trinajstić information content (AvgIpc) is 3.17. The lowest BCUT2D eigenvalue weighted by Crippen LogP contribution is -2.29. The normalized spacial score (nSPS) is 16.6. The molecule has 0 bridgehead atoms. The van der Waals surface area contributed by atoms with Gasteiger partial charge in [0.1, 0.15) is 23.0 Å². The van der Waals surface area contributed by atoms with E-state index in [2.05, 4.69) is 0 Å². The highest BCUT2D eigenvalue weighted by Crippen LogP contribution is 2.43. The highest BCUT2D eigenvalue weighted by molar-refractivity contribution is 6.51. The van der Waals surface area contributed by atoms with Gasteiger partial charge >= 0.3 is 5.97 Å². The predicted molar refractivity (Wildman–Crippen MR) is 142 cm³/mol. The molecule has 0 saturated carbocycles. The first kappa shape index (κ1) is 26.5. The van der Waals surface area contributed by atoms with Crippen LogP contribution < -0.4 is 19.1 Å². The summed E-state index contributed by atoms with van der Waals surface area (Å²) in [4.78, 5) is 39.3. The summed E-state index contributed by atoms with van der Waals surface area (Å²) in [6.45, 7) is 5.93. The number of nitrogens with zero attached hydrogens (tertiary/aromatic N) is 1. The minimum absolute atomic E-state index is 0.0538. The number of ether oxygens (including phenoxy) is 3. The van der Waals surface area contributed by atoms with Crippen LogP contribution in [0.3, 0.4) is 0 Å². The Kier molecular flexibility index (Phi) is 7.81. The molecule has 1 N–H and O–H groups in total. The second kappa shape index (κ2) is 11.2. The molecule has 4 rings (SSSR count). The van der Waals surface area contributed by atoms with E-state index in [-0.39, 0.29) is 11.3 Å². The molecular formula is C30H29NO7. The molecule has 196 valence electrons. The molecule has 0 aliphatic carbocycles. The summed E-state index contributed by atoms with van der Waals surface area (Å²) in [5.41, 5.74) is 1.32. The van der Waals surface area contributed by atoms with E-state index >= 15 is 0 Å². The van der Waals surface area contributed by atoms with Crippen LogP contribution in [0, 0.1) is 5.92 Å². The van der Waals surface area contributed by atoms with Crippen molar-refractivity contribution < 1.29 is 33.7 Å². The van der Waals surface area contributed by atoms with E-state index in [1.807, 2.05) is 13.8 Å². The Morgan fingerprint density at radius 2 is 1.47 bits per heavy atom. The summed E-state index contributed by atoms with van der Waals surface area (Å²) in [5.74, 6) is -0.468. The molecule has 0 radical (unpaired) electrons. The van der Waals surface area contributed by atoms with Gasteiger partial charge in [-0.3, -0.25) is 19.3 Å². The van der Waals surface area contributed by atoms with Crippen molar-refractivity contribution in [1.29, 1.82) is 0 Å². The summed E-state index contributed by atoms with van der Waals surface area (Å²) in [6, 6.07) is 19.0. The highest BCUT2D eigenvalue weighted by atomic mass is 16.5. The Morgan fingerprint density at radius 3 is 2.03 bits per heavy atom. The molecule has 1 amide bonds. The zero-order valence-electron chi connectivity index (χ0n) is 21.6. The van der Waals surface area contributed by atoms with Gasteiger partial charge in [0.2, 0.25) is 0 Å². The molecule has 0 aromatic heterocycles. The SMILES string of the molecule is COc1ccc(N2C(=O)C(=O)/C(=C(/O)c3ccc(OCC(C)C)cc3)C2c2ccc(OC(C)=O)cc2)cc1. The molecule has 3 aromatic rings. The van der Waals surface area contributed by atoms with Crippen molar-refractivity contribution in [1.82, 2.24) is 0 Å². The van der Waals surface area contributed by atoms with Gasteiger partial charge in [0.25, 0.3) is 11.7 Å². The lowest BCUT2D eigenvalue weighted by molar-refractivity contribution is -0.132. The summed E-state index contributed by atoms with van der Waals surface area (Å²) in [7, 11) is 1.53. The van der Waals surface area contributed by atoms with Crippen molar-refractivity contribution >= 4 is 29.1 Å². The zero-order chi connectivity index (χ0) is 27.4. The Hall–Kier alpha value is -4.59. The third-order valence-corrected chi connectivity index (χ3v) is 5.96. The number of Topliss-reactive ketones (excluding diaryl/α,β-unsaturated/α-hetero) is 1. The minimum atomic E-state index is -0.924. The van der Waals surface area contributed by atoms with Crippen LogP contribution in [0.15, 0.2) is 78.4 Å². The number of carbonyl (C=O) groups is 3. The summed E-state index contributed by atoms with van der Waals surface area (Å²) in [5, 5.41) is 11.3. The van der Waals surface area contributed by atoms with Crippen molar-refractivity contribution in [2.24, 2.45) is 5.92 Å². The number of benzene rings is 3. The third-order valence-electron chi connectivity index (χ3n) is 5.96. The summed E-state index contributed by atoms with van der Waals surface area (Å²) < 4.78 is 16.1. The van der Waals surface area contributed by atoms with Gasteiger partial charge in [-0.05, 0) is 72.1 Å². The van der Waals surface area contributed by atoms with E-state index in [0.717, 1.165) is 0 Å². The maximum Gasteiger partial charge on any atom is 0.308 e. The molecule has 38 heavy (non-hydrogen) atoms. The summed E-state index contributed by atoms with van der Waals surface area (Å²) in [6.07, 6.45) is 0. The van der Waals surface area contributed by atoms with Crippen LogP contribution in [-0.2, 0) is 14.4 Å². The molecule has 1 unspecified atom stereocenters. The number of carbonyl (C=O) groups excluding carboxylic acids is 3. The molecule has 1 aliphatic heterocycles. The first-order valence-corrected chi connectivity index (χ1v) is 12.2. The van der Waals surface area contributed by atoms with Gasteiger partial charge in [-0.2, -0.15) is 0 Å². The number of ketones is 1. The lowest BCUT2D eigenvalue weighted by Gasteiger charge is -2.25. The quantitative estimate of drug-likeness (QED) is 0.143. The molecular weight excluding hydrogens is 486 g/mol. The number of aliphatic hydroxyl groups is 1. The number of amides is 1. The zero-order valence-corrected chi connectivity index (χ0v) is 21.6. The molecule has 3 aromatic carbocycles. The molecule has 1 atom stereocenters. The van der Waals surface area contributed by atoms with Crippen molar-refractivity contribution in [2.75, 3.05) is 18.6 Å². The molecule has 0 spiro atoms. The van der Waals surface area contributed by atoms with E-state index < -0.39 is 23.7 Å². The number of rotatable bonds is 8. The van der Waals surface area contributed by atoms with E-state index in [4.69, 9.17) is 14.2 Å².